The number of Topliss-reactive ketones (excluding diaryl/α,β-unsaturated/α-hetero) is 1. The van der Waals surface area contributed by atoms with Crippen molar-refractivity contribution in [2.45, 2.75) is 44.6 Å². The van der Waals surface area contributed by atoms with Crippen molar-refractivity contribution in [3.8, 4) is 10.6 Å². The summed E-state index contributed by atoms with van der Waals surface area (Å²) in [5.41, 5.74) is 1.11. The highest BCUT2D eigenvalue weighted by atomic mass is 79.9. The molecule has 2 aromatic rings. The molecule has 0 saturated heterocycles. The summed E-state index contributed by atoms with van der Waals surface area (Å²) in [6.45, 7) is 2.01. The molecule has 1 heterocycles. The summed E-state index contributed by atoms with van der Waals surface area (Å²) in [6.07, 6.45) is 2.64. The molecule has 132 valence electrons. The van der Waals surface area contributed by atoms with E-state index in [1.54, 1.807) is 12.1 Å². The SMILES string of the molecule is CCc1sc(-c2ccc(Br)cc2F)nc1C1C(=O)[C@@H]2CC[C@@H](C2)C1O. The Kier molecular flexibility index (Phi) is 4.54. The fraction of sp³-hybridized carbons (Fsp3) is 0.474. The summed E-state index contributed by atoms with van der Waals surface area (Å²) in [6, 6.07) is 4.90. The highest BCUT2D eigenvalue weighted by molar-refractivity contribution is 9.10. The molecule has 2 unspecified atom stereocenters. The lowest BCUT2D eigenvalue weighted by Gasteiger charge is -2.31. The standard InChI is InChI=1S/C19H19BrFNO2S/c1-2-14-16(15-17(23)9-3-4-10(7-9)18(15)24)22-19(25-14)12-6-5-11(20)8-13(12)21/h5-6,8-10,15,17,23H,2-4,7H2,1H3/t9-,10+,15?,17?/m0/s1. The first kappa shape index (κ1) is 17.3. The van der Waals surface area contributed by atoms with Gasteiger partial charge in [0.05, 0.1) is 17.7 Å². The summed E-state index contributed by atoms with van der Waals surface area (Å²) in [4.78, 5) is 18.5. The Morgan fingerprint density at radius 2 is 2.20 bits per heavy atom. The minimum atomic E-state index is -0.665. The van der Waals surface area contributed by atoms with Gasteiger partial charge in [0.1, 0.15) is 16.6 Å². The molecule has 3 nitrogen and oxygen atoms in total. The first-order chi connectivity index (χ1) is 12.0. The summed E-state index contributed by atoms with van der Waals surface area (Å²) < 4.78 is 15.0. The fourth-order valence-electron chi connectivity index (χ4n) is 4.21. The number of aryl methyl sites for hydroxylation is 1. The highest BCUT2D eigenvalue weighted by Gasteiger charge is 2.49. The Morgan fingerprint density at radius 1 is 1.40 bits per heavy atom. The smallest absolute Gasteiger partial charge is 0.147 e. The number of hydrogen-bond acceptors (Lipinski definition) is 4. The van der Waals surface area contributed by atoms with Gasteiger partial charge in [-0.2, -0.15) is 0 Å². The summed E-state index contributed by atoms with van der Waals surface area (Å²) in [7, 11) is 0. The lowest BCUT2D eigenvalue weighted by Crippen LogP contribution is -2.39. The van der Waals surface area contributed by atoms with Crippen LogP contribution in [0.3, 0.4) is 0 Å². The van der Waals surface area contributed by atoms with Crippen molar-refractivity contribution < 1.29 is 14.3 Å². The minimum Gasteiger partial charge on any atom is -0.392 e. The maximum absolute atomic E-state index is 14.3. The molecule has 1 N–H and O–H groups in total. The van der Waals surface area contributed by atoms with Crippen molar-refractivity contribution in [3.05, 3.63) is 39.1 Å². The van der Waals surface area contributed by atoms with Gasteiger partial charge in [0, 0.05) is 20.8 Å². The van der Waals surface area contributed by atoms with E-state index in [2.05, 4.69) is 20.9 Å². The number of carbonyl (C=O) groups is 1. The molecule has 4 rings (SSSR count). The van der Waals surface area contributed by atoms with Crippen LogP contribution in [0.25, 0.3) is 10.6 Å². The Labute approximate surface area is 158 Å². The molecule has 0 radical (unpaired) electrons. The van der Waals surface area contributed by atoms with E-state index >= 15 is 0 Å². The molecule has 6 heteroatoms. The molecular formula is C19H19BrFNO2S. The second kappa shape index (κ2) is 6.56. The number of aliphatic hydroxyl groups excluding tert-OH is 1. The van der Waals surface area contributed by atoms with Crippen LogP contribution in [0.5, 0.6) is 0 Å². The number of rotatable bonds is 3. The molecule has 1 aromatic heterocycles. The lowest BCUT2D eigenvalue weighted by molar-refractivity contribution is -0.130. The lowest BCUT2D eigenvalue weighted by atomic mass is 9.75. The normalized spacial score (nSPS) is 28.6. The summed E-state index contributed by atoms with van der Waals surface area (Å²) >= 11 is 4.69. The van der Waals surface area contributed by atoms with E-state index in [4.69, 9.17) is 0 Å². The number of ketones is 1. The Hall–Kier alpha value is -1.11. The van der Waals surface area contributed by atoms with Crippen LogP contribution in [0.1, 0.15) is 42.7 Å². The van der Waals surface area contributed by atoms with Crippen LogP contribution in [-0.4, -0.2) is 22.0 Å². The molecule has 2 aliphatic carbocycles. The third-order valence-electron chi connectivity index (χ3n) is 5.51. The molecule has 0 aliphatic heterocycles. The zero-order valence-corrected chi connectivity index (χ0v) is 16.2. The van der Waals surface area contributed by atoms with Crippen LogP contribution in [0, 0.1) is 17.7 Å². The third-order valence-corrected chi connectivity index (χ3v) is 7.25. The molecular weight excluding hydrogens is 405 g/mol. The maximum atomic E-state index is 14.3. The minimum absolute atomic E-state index is 0.0534. The fourth-order valence-corrected chi connectivity index (χ4v) is 5.62. The van der Waals surface area contributed by atoms with E-state index in [-0.39, 0.29) is 23.4 Å². The van der Waals surface area contributed by atoms with Crippen LogP contribution < -0.4 is 0 Å². The van der Waals surface area contributed by atoms with Crippen molar-refractivity contribution in [3.63, 3.8) is 0 Å². The van der Waals surface area contributed by atoms with E-state index in [0.717, 1.165) is 30.6 Å². The first-order valence-electron chi connectivity index (χ1n) is 8.66. The number of thiazole rings is 1. The Bertz CT molecular complexity index is 837. The van der Waals surface area contributed by atoms with Gasteiger partial charge in [0.25, 0.3) is 0 Å². The Balaban J connectivity index is 1.78. The average Bonchev–Trinajstić information content (AvgIpc) is 3.19. The van der Waals surface area contributed by atoms with Crippen LogP contribution >= 0.6 is 27.3 Å². The molecule has 2 aliphatic rings. The average molecular weight is 424 g/mol. The van der Waals surface area contributed by atoms with Gasteiger partial charge in [0.15, 0.2) is 0 Å². The molecule has 0 amide bonds. The van der Waals surface area contributed by atoms with Crippen molar-refractivity contribution in [2.75, 3.05) is 0 Å². The number of benzene rings is 1. The molecule has 2 fully saturated rings. The van der Waals surface area contributed by atoms with Gasteiger partial charge in [-0.3, -0.25) is 4.79 Å². The molecule has 25 heavy (non-hydrogen) atoms. The monoisotopic (exact) mass is 423 g/mol. The number of hydrogen-bond donors (Lipinski definition) is 1. The van der Waals surface area contributed by atoms with Gasteiger partial charge in [0.2, 0.25) is 0 Å². The van der Waals surface area contributed by atoms with Crippen LogP contribution in [0.4, 0.5) is 4.39 Å². The van der Waals surface area contributed by atoms with Gasteiger partial charge < -0.3 is 5.11 Å². The van der Waals surface area contributed by atoms with E-state index < -0.39 is 12.0 Å². The quantitative estimate of drug-likeness (QED) is 0.776. The summed E-state index contributed by atoms with van der Waals surface area (Å²) in [5, 5.41) is 11.3. The van der Waals surface area contributed by atoms with E-state index in [1.807, 2.05) is 6.92 Å². The van der Waals surface area contributed by atoms with Crippen LogP contribution in [0.2, 0.25) is 0 Å². The molecule has 0 spiro atoms. The number of halogens is 2. The molecule has 1 aromatic carbocycles. The third kappa shape index (κ3) is 2.88. The van der Waals surface area contributed by atoms with Crippen molar-refractivity contribution >= 4 is 33.0 Å². The predicted octanol–water partition coefficient (Wildman–Crippen LogP) is 4.72. The van der Waals surface area contributed by atoms with Gasteiger partial charge in [-0.05, 0) is 49.8 Å². The van der Waals surface area contributed by atoms with Crippen molar-refractivity contribution in [1.82, 2.24) is 4.98 Å². The van der Waals surface area contributed by atoms with Crippen LogP contribution in [-0.2, 0) is 11.2 Å². The van der Waals surface area contributed by atoms with Gasteiger partial charge in [-0.25, -0.2) is 9.37 Å². The second-order valence-electron chi connectivity index (χ2n) is 6.95. The van der Waals surface area contributed by atoms with Crippen molar-refractivity contribution in [1.29, 1.82) is 0 Å². The molecule has 2 bridgehead atoms. The van der Waals surface area contributed by atoms with E-state index in [0.29, 0.717) is 20.7 Å². The topological polar surface area (TPSA) is 50.2 Å². The number of aliphatic hydroxyl groups is 1. The number of fused-ring (bicyclic) bond motifs is 2. The maximum Gasteiger partial charge on any atom is 0.147 e. The highest BCUT2D eigenvalue weighted by Crippen LogP contribution is 2.48. The van der Waals surface area contributed by atoms with Crippen molar-refractivity contribution in [2.24, 2.45) is 11.8 Å². The second-order valence-corrected chi connectivity index (χ2v) is 8.95. The van der Waals surface area contributed by atoms with Gasteiger partial charge in [-0.15, -0.1) is 11.3 Å². The van der Waals surface area contributed by atoms with Crippen LogP contribution in [0.15, 0.2) is 22.7 Å². The number of aromatic nitrogens is 1. The Morgan fingerprint density at radius 3 is 2.92 bits per heavy atom. The van der Waals surface area contributed by atoms with E-state index in [9.17, 15) is 14.3 Å². The van der Waals surface area contributed by atoms with Gasteiger partial charge >= 0.3 is 0 Å². The summed E-state index contributed by atoms with van der Waals surface area (Å²) in [5.74, 6) is -0.536. The zero-order valence-electron chi connectivity index (χ0n) is 13.8. The molecule has 4 atom stereocenters. The zero-order chi connectivity index (χ0) is 17.7. The number of nitrogens with zero attached hydrogens (tertiary/aromatic N) is 1. The van der Waals surface area contributed by atoms with Gasteiger partial charge in [-0.1, -0.05) is 22.9 Å². The number of carbonyl (C=O) groups excluding carboxylic acids is 1. The molecule has 2 saturated carbocycles. The first-order valence-corrected chi connectivity index (χ1v) is 10.3. The largest absolute Gasteiger partial charge is 0.392 e. The predicted molar refractivity (Wildman–Crippen MR) is 99.2 cm³/mol. The van der Waals surface area contributed by atoms with E-state index in [1.165, 1.54) is 17.4 Å².